The van der Waals surface area contributed by atoms with Gasteiger partial charge < -0.3 is 10.0 Å². The third kappa shape index (κ3) is 4.08. The van der Waals surface area contributed by atoms with Gasteiger partial charge in [-0.25, -0.2) is 0 Å². The lowest BCUT2D eigenvalue weighted by molar-refractivity contribution is 0.0742. The van der Waals surface area contributed by atoms with Crippen LogP contribution in [0.2, 0.25) is 0 Å². The monoisotopic (exact) mass is 409 g/mol. The van der Waals surface area contributed by atoms with Gasteiger partial charge in [-0.15, -0.1) is 6.58 Å². The molecule has 0 radical (unpaired) electrons. The second-order valence-electron chi connectivity index (χ2n) is 3.39. The maximum absolute atomic E-state index is 12.2. The molecule has 0 bridgehead atoms. The lowest BCUT2D eigenvalue weighted by Gasteiger charge is -2.20. The van der Waals surface area contributed by atoms with Crippen LogP contribution in [0.4, 0.5) is 0 Å². The summed E-state index contributed by atoms with van der Waals surface area (Å²) in [5.41, 5.74) is 0.604. The summed E-state index contributed by atoms with van der Waals surface area (Å²) in [5.74, 6) is -0.107. The molecule has 0 unspecified atom stereocenters. The van der Waals surface area contributed by atoms with Gasteiger partial charge in [0.1, 0.15) is 0 Å². The largest absolute Gasteiger partial charge is 0.395 e. The van der Waals surface area contributed by atoms with E-state index < -0.39 is 0 Å². The fourth-order valence-electron chi connectivity index (χ4n) is 1.38. The predicted molar refractivity (Wildman–Crippen MR) is 80.0 cm³/mol. The molecule has 0 aliphatic heterocycles. The zero-order chi connectivity index (χ0) is 12.8. The van der Waals surface area contributed by atoms with Crippen molar-refractivity contribution in [3.63, 3.8) is 0 Å². The smallest absolute Gasteiger partial charge is 0.255 e. The van der Waals surface area contributed by atoms with Crippen molar-refractivity contribution in [1.29, 1.82) is 0 Å². The first-order valence-corrected chi connectivity index (χ1v) is 6.93. The number of aliphatic hydroxyl groups excluding tert-OH is 1. The van der Waals surface area contributed by atoms with E-state index >= 15 is 0 Å². The molecule has 1 N–H and O–H groups in total. The molecule has 0 spiro atoms. The van der Waals surface area contributed by atoms with Crippen molar-refractivity contribution >= 4 is 44.4 Å². The molecule has 0 aromatic heterocycles. The Labute approximate surface area is 123 Å². The molecule has 1 rings (SSSR count). The molecule has 0 heterocycles. The van der Waals surface area contributed by atoms with Gasteiger partial charge in [0.25, 0.3) is 5.91 Å². The quantitative estimate of drug-likeness (QED) is 0.600. The maximum atomic E-state index is 12.2. The Morgan fingerprint density at radius 1 is 1.59 bits per heavy atom. The van der Waals surface area contributed by atoms with Crippen LogP contribution < -0.4 is 0 Å². The standard InChI is InChI=1S/C12H13BrINO2/c1-2-5-15(6-7-16)12(17)10-8-9(14)3-4-11(10)13/h2-4,8,16H,1,5-7H2. The Morgan fingerprint density at radius 3 is 2.88 bits per heavy atom. The molecule has 1 aromatic rings. The minimum absolute atomic E-state index is 0.0544. The van der Waals surface area contributed by atoms with Crippen molar-refractivity contribution in [1.82, 2.24) is 4.90 Å². The van der Waals surface area contributed by atoms with Crippen LogP contribution in [-0.4, -0.2) is 35.6 Å². The summed E-state index contributed by atoms with van der Waals surface area (Å²) >= 11 is 5.52. The summed E-state index contributed by atoms with van der Waals surface area (Å²) in [6.07, 6.45) is 1.65. The summed E-state index contributed by atoms with van der Waals surface area (Å²) < 4.78 is 1.76. The Balaban J connectivity index is 2.99. The second kappa shape index (κ2) is 7.13. The highest BCUT2D eigenvalue weighted by Gasteiger charge is 2.16. The van der Waals surface area contributed by atoms with E-state index in [4.69, 9.17) is 5.11 Å². The van der Waals surface area contributed by atoms with E-state index in [0.29, 0.717) is 18.7 Å². The Hall–Kier alpha value is -0.400. The molecule has 0 atom stereocenters. The van der Waals surface area contributed by atoms with Gasteiger partial charge in [-0.05, 0) is 56.7 Å². The zero-order valence-corrected chi connectivity index (χ0v) is 12.9. The van der Waals surface area contributed by atoms with Crippen LogP contribution in [-0.2, 0) is 0 Å². The first-order chi connectivity index (χ1) is 8.10. The summed E-state index contributed by atoms with van der Waals surface area (Å²) in [6, 6.07) is 5.59. The average Bonchev–Trinajstić information content (AvgIpc) is 2.31. The normalized spacial score (nSPS) is 10.1. The summed E-state index contributed by atoms with van der Waals surface area (Å²) in [7, 11) is 0. The van der Waals surface area contributed by atoms with Crippen molar-refractivity contribution in [2.24, 2.45) is 0 Å². The predicted octanol–water partition coefficient (Wildman–Crippen LogP) is 2.67. The van der Waals surface area contributed by atoms with E-state index in [1.807, 2.05) is 18.2 Å². The zero-order valence-electron chi connectivity index (χ0n) is 9.20. The van der Waals surface area contributed by atoms with Crippen molar-refractivity contribution < 1.29 is 9.90 Å². The number of hydrogen-bond donors (Lipinski definition) is 1. The van der Waals surface area contributed by atoms with Crippen molar-refractivity contribution in [3.8, 4) is 0 Å². The Morgan fingerprint density at radius 2 is 2.29 bits per heavy atom. The number of nitrogens with zero attached hydrogens (tertiary/aromatic N) is 1. The van der Waals surface area contributed by atoms with E-state index in [0.717, 1.165) is 8.04 Å². The molecule has 92 valence electrons. The van der Waals surface area contributed by atoms with E-state index in [1.54, 1.807) is 11.0 Å². The summed E-state index contributed by atoms with van der Waals surface area (Å²) in [4.78, 5) is 13.8. The highest BCUT2D eigenvalue weighted by atomic mass is 127. The highest BCUT2D eigenvalue weighted by Crippen LogP contribution is 2.21. The number of aliphatic hydroxyl groups is 1. The van der Waals surface area contributed by atoms with Gasteiger partial charge in [0.15, 0.2) is 0 Å². The van der Waals surface area contributed by atoms with Gasteiger partial charge in [-0.2, -0.15) is 0 Å². The number of carbonyl (C=O) groups excluding carboxylic acids is 1. The SMILES string of the molecule is C=CCN(CCO)C(=O)c1cc(I)ccc1Br. The third-order valence-corrected chi connectivity index (χ3v) is 3.53. The van der Waals surface area contributed by atoms with Crippen LogP contribution in [0, 0.1) is 3.57 Å². The fourth-order valence-corrected chi connectivity index (χ4v) is 2.29. The van der Waals surface area contributed by atoms with E-state index in [1.165, 1.54) is 0 Å². The van der Waals surface area contributed by atoms with Gasteiger partial charge in [0, 0.05) is 21.1 Å². The lowest BCUT2D eigenvalue weighted by Crippen LogP contribution is -2.33. The molecule has 1 amide bonds. The number of rotatable bonds is 5. The van der Waals surface area contributed by atoms with Crippen LogP contribution in [0.5, 0.6) is 0 Å². The number of halogens is 2. The van der Waals surface area contributed by atoms with Crippen LogP contribution >= 0.6 is 38.5 Å². The molecule has 5 heteroatoms. The van der Waals surface area contributed by atoms with Crippen LogP contribution in [0.3, 0.4) is 0 Å². The summed E-state index contributed by atoms with van der Waals surface area (Å²) in [5, 5.41) is 8.94. The number of benzene rings is 1. The van der Waals surface area contributed by atoms with Gasteiger partial charge >= 0.3 is 0 Å². The number of hydrogen-bond acceptors (Lipinski definition) is 2. The van der Waals surface area contributed by atoms with E-state index in [-0.39, 0.29) is 12.5 Å². The molecule has 17 heavy (non-hydrogen) atoms. The highest BCUT2D eigenvalue weighted by molar-refractivity contribution is 14.1. The van der Waals surface area contributed by atoms with Gasteiger partial charge in [0.05, 0.1) is 12.2 Å². The number of carbonyl (C=O) groups is 1. The van der Waals surface area contributed by atoms with E-state index in [9.17, 15) is 4.79 Å². The fraction of sp³-hybridized carbons (Fsp3) is 0.250. The molecule has 0 saturated carbocycles. The molecule has 0 fully saturated rings. The maximum Gasteiger partial charge on any atom is 0.255 e. The molecule has 0 aliphatic carbocycles. The minimum Gasteiger partial charge on any atom is -0.395 e. The van der Waals surface area contributed by atoms with Gasteiger partial charge in [-0.3, -0.25) is 4.79 Å². The van der Waals surface area contributed by atoms with Crippen LogP contribution in [0.15, 0.2) is 35.3 Å². The number of amides is 1. The third-order valence-electron chi connectivity index (χ3n) is 2.17. The topological polar surface area (TPSA) is 40.5 Å². The second-order valence-corrected chi connectivity index (χ2v) is 5.49. The molecule has 0 aliphatic rings. The van der Waals surface area contributed by atoms with Crippen molar-refractivity contribution in [2.45, 2.75) is 0 Å². The molecular formula is C12H13BrINO2. The van der Waals surface area contributed by atoms with Gasteiger partial charge in [0.2, 0.25) is 0 Å². The van der Waals surface area contributed by atoms with Gasteiger partial charge in [-0.1, -0.05) is 6.08 Å². The van der Waals surface area contributed by atoms with E-state index in [2.05, 4.69) is 45.1 Å². The average molecular weight is 410 g/mol. The minimum atomic E-state index is -0.107. The Bertz CT molecular complexity index is 423. The molecule has 3 nitrogen and oxygen atoms in total. The molecule has 0 saturated heterocycles. The Kier molecular flexibility index (Phi) is 6.15. The van der Waals surface area contributed by atoms with Crippen molar-refractivity contribution in [3.05, 3.63) is 44.5 Å². The first kappa shape index (κ1) is 14.7. The molecule has 1 aromatic carbocycles. The lowest BCUT2D eigenvalue weighted by atomic mass is 10.2. The summed E-state index contributed by atoms with van der Waals surface area (Å²) in [6.45, 7) is 4.29. The van der Waals surface area contributed by atoms with Crippen molar-refractivity contribution in [2.75, 3.05) is 19.7 Å². The van der Waals surface area contributed by atoms with Crippen LogP contribution in [0.25, 0.3) is 0 Å². The van der Waals surface area contributed by atoms with Crippen LogP contribution in [0.1, 0.15) is 10.4 Å². The molecular weight excluding hydrogens is 397 g/mol. The first-order valence-electron chi connectivity index (χ1n) is 5.06.